The molecule has 2 aromatic heterocycles. The third-order valence-corrected chi connectivity index (χ3v) is 5.74. The lowest BCUT2D eigenvalue weighted by Gasteiger charge is -2.10. The topological polar surface area (TPSA) is 37.8 Å². The standard InChI is InChI=1S/C24H15F2N3S/c25-18-10-11-21(20(26)12-18)29-23-22-19(13-30-24(22)28-14-27-23)17-8-6-16(7-9-17)15-4-2-1-3-5-15/h1-14H,(H,27,28,29). The first-order valence-electron chi connectivity index (χ1n) is 9.29. The van der Waals surface area contributed by atoms with E-state index in [1.54, 1.807) is 0 Å². The maximum absolute atomic E-state index is 14.1. The van der Waals surface area contributed by atoms with Crippen molar-refractivity contribution in [1.82, 2.24) is 9.97 Å². The second-order valence-corrected chi connectivity index (χ2v) is 7.60. The van der Waals surface area contributed by atoms with Gasteiger partial charge in [0.25, 0.3) is 0 Å². The normalized spacial score (nSPS) is 11.0. The second kappa shape index (κ2) is 7.65. The fourth-order valence-corrected chi connectivity index (χ4v) is 4.29. The summed E-state index contributed by atoms with van der Waals surface area (Å²) >= 11 is 1.50. The van der Waals surface area contributed by atoms with Gasteiger partial charge in [-0.25, -0.2) is 18.7 Å². The Balaban J connectivity index is 1.56. The number of halogens is 2. The molecule has 0 aliphatic carbocycles. The third-order valence-electron chi connectivity index (χ3n) is 4.86. The van der Waals surface area contributed by atoms with E-state index in [0.29, 0.717) is 5.82 Å². The lowest BCUT2D eigenvalue weighted by atomic mass is 10.0. The average molecular weight is 415 g/mol. The molecule has 0 bridgehead atoms. The highest BCUT2D eigenvalue weighted by molar-refractivity contribution is 7.17. The van der Waals surface area contributed by atoms with Gasteiger partial charge in [0.15, 0.2) is 0 Å². The van der Waals surface area contributed by atoms with Crippen molar-refractivity contribution in [2.24, 2.45) is 0 Å². The smallest absolute Gasteiger partial charge is 0.149 e. The lowest BCUT2D eigenvalue weighted by molar-refractivity contribution is 0.586. The molecule has 5 rings (SSSR count). The Bertz CT molecular complexity index is 1330. The molecular formula is C24H15F2N3S. The zero-order valence-electron chi connectivity index (χ0n) is 15.6. The molecule has 146 valence electrons. The van der Waals surface area contributed by atoms with Crippen LogP contribution in [0.5, 0.6) is 0 Å². The van der Waals surface area contributed by atoms with Gasteiger partial charge in [-0.05, 0) is 28.8 Å². The first-order valence-corrected chi connectivity index (χ1v) is 10.2. The lowest BCUT2D eigenvalue weighted by Crippen LogP contribution is -1.98. The number of anilines is 2. The first-order chi connectivity index (χ1) is 14.7. The maximum Gasteiger partial charge on any atom is 0.149 e. The Morgan fingerprint density at radius 1 is 0.767 bits per heavy atom. The molecule has 0 fully saturated rings. The van der Waals surface area contributed by atoms with Crippen LogP contribution in [0.15, 0.2) is 84.5 Å². The van der Waals surface area contributed by atoms with Gasteiger partial charge in [-0.15, -0.1) is 11.3 Å². The average Bonchev–Trinajstić information content (AvgIpc) is 3.22. The van der Waals surface area contributed by atoms with Crippen molar-refractivity contribution < 1.29 is 8.78 Å². The summed E-state index contributed by atoms with van der Waals surface area (Å²) in [5.41, 5.74) is 4.41. The number of hydrogen-bond acceptors (Lipinski definition) is 4. The van der Waals surface area contributed by atoms with Gasteiger partial charge in [-0.3, -0.25) is 0 Å². The van der Waals surface area contributed by atoms with Crippen LogP contribution in [0, 0.1) is 11.6 Å². The van der Waals surface area contributed by atoms with E-state index < -0.39 is 11.6 Å². The molecular weight excluding hydrogens is 400 g/mol. The second-order valence-electron chi connectivity index (χ2n) is 6.74. The number of hydrogen-bond donors (Lipinski definition) is 1. The molecule has 0 atom stereocenters. The van der Waals surface area contributed by atoms with Gasteiger partial charge in [0, 0.05) is 17.0 Å². The summed E-state index contributed by atoms with van der Waals surface area (Å²) in [6.07, 6.45) is 1.44. The van der Waals surface area contributed by atoms with Crippen LogP contribution >= 0.6 is 11.3 Å². The van der Waals surface area contributed by atoms with E-state index >= 15 is 0 Å². The highest BCUT2D eigenvalue weighted by atomic mass is 32.1. The summed E-state index contributed by atoms with van der Waals surface area (Å²) in [5, 5.41) is 5.81. The van der Waals surface area contributed by atoms with E-state index in [2.05, 4.69) is 51.7 Å². The van der Waals surface area contributed by atoms with Crippen molar-refractivity contribution >= 4 is 33.1 Å². The van der Waals surface area contributed by atoms with E-state index in [-0.39, 0.29) is 5.69 Å². The minimum Gasteiger partial charge on any atom is -0.337 e. The van der Waals surface area contributed by atoms with Gasteiger partial charge in [0.2, 0.25) is 0 Å². The van der Waals surface area contributed by atoms with Crippen LogP contribution in [0.1, 0.15) is 0 Å². The van der Waals surface area contributed by atoms with E-state index in [1.807, 2.05) is 23.6 Å². The summed E-state index contributed by atoms with van der Waals surface area (Å²) in [6, 6.07) is 21.8. The van der Waals surface area contributed by atoms with E-state index in [1.165, 1.54) is 29.8 Å². The number of fused-ring (bicyclic) bond motifs is 1. The van der Waals surface area contributed by atoms with Crippen molar-refractivity contribution in [3.63, 3.8) is 0 Å². The Hall–Kier alpha value is -3.64. The Morgan fingerprint density at radius 3 is 2.27 bits per heavy atom. The predicted octanol–water partition coefficient (Wildman–Crippen LogP) is 7.05. The summed E-state index contributed by atoms with van der Waals surface area (Å²) in [6.45, 7) is 0. The highest BCUT2D eigenvalue weighted by Crippen LogP contribution is 2.38. The van der Waals surface area contributed by atoms with Crippen LogP contribution in [0.25, 0.3) is 32.5 Å². The SMILES string of the molecule is Fc1ccc(Nc2ncnc3scc(-c4ccc(-c5ccccc5)cc4)c23)c(F)c1. The van der Waals surface area contributed by atoms with Crippen LogP contribution in [0.3, 0.4) is 0 Å². The molecule has 0 saturated heterocycles. The number of rotatable bonds is 4. The molecule has 0 saturated carbocycles. The summed E-state index contributed by atoms with van der Waals surface area (Å²) in [7, 11) is 0. The van der Waals surface area contributed by atoms with Crippen molar-refractivity contribution in [2.75, 3.05) is 5.32 Å². The van der Waals surface area contributed by atoms with Crippen LogP contribution in [0.2, 0.25) is 0 Å². The van der Waals surface area contributed by atoms with Crippen LogP contribution in [-0.4, -0.2) is 9.97 Å². The molecule has 0 radical (unpaired) electrons. The van der Waals surface area contributed by atoms with Crippen LogP contribution in [-0.2, 0) is 0 Å². The molecule has 3 aromatic carbocycles. The predicted molar refractivity (Wildman–Crippen MR) is 118 cm³/mol. The molecule has 0 amide bonds. The first kappa shape index (κ1) is 18.4. The third kappa shape index (κ3) is 3.42. The van der Waals surface area contributed by atoms with Gasteiger partial charge in [-0.2, -0.15) is 0 Å². The summed E-state index contributed by atoms with van der Waals surface area (Å²) in [5.74, 6) is -0.819. The molecule has 30 heavy (non-hydrogen) atoms. The largest absolute Gasteiger partial charge is 0.337 e. The monoisotopic (exact) mass is 415 g/mol. The fraction of sp³-hybridized carbons (Fsp3) is 0. The number of thiophene rings is 1. The van der Waals surface area contributed by atoms with Gasteiger partial charge >= 0.3 is 0 Å². The van der Waals surface area contributed by atoms with Crippen molar-refractivity contribution in [3.05, 3.63) is 96.1 Å². The zero-order chi connectivity index (χ0) is 20.5. The van der Waals surface area contributed by atoms with Crippen molar-refractivity contribution in [2.45, 2.75) is 0 Å². The quantitative estimate of drug-likeness (QED) is 0.342. The maximum atomic E-state index is 14.1. The highest BCUT2D eigenvalue weighted by Gasteiger charge is 2.15. The summed E-state index contributed by atoms with van der Waals surface area (Å²) < 4.78 is 27.4. The Labute approximate surface area is 175 Å². The molecule has 6 heteroatoms. The van der Waals surface area contributed by atoms with Gasteiger partial charge in [0.1, 0.15) is 28.6 Å². The number of aromatic nitrogens is 2. The Kier molecular flexibility index (Phi) is 4.69. The number of nitrogens with zero attached hydrogens (tertiary/aromatic N) is 2. The van der Waals surface area contributed by atoms with Crippen molar-refractivity contribution in [3.8, 4) is 22.3 Å². The Morgan fingerprint density at radius 2 is 1.50 bits per heavy atom. The van der Waals surface area contributed by atoms with Crippen LogP contribution < -0.4 is 5.32 Å². The molecule has 5 aromatic rings. The molecule has 0 aliphatic rings. The van der Waals surface area contributed by atoms with Gasteiger partial charge in [-0.1, -0.05) is 54.6 Å². The van der Waals surface area contributed by atoms with Crippen molar-refractivity contribution in [1.29, 1.82) is 0 Å². The summed E-state index contributed by atoms with van der Waals surface area (Å²) in [4.78, 5) is 9.45. The molecule has 0 aliphatic heterocycles. The van der Waals surface area contributed by atoms with E-state index in [9.17, 15) is 8.78 Å². The van der Waals surface area contributed by atoms with Gasteiger partial charge in [0.05, 0.1) is 11.1 Å². The molecule has 3 nitrogen and oxygen atoms in total. The van der Waals surface area contributed by atoms with Crippen LogP contribution in [0.4, 0.5) is 20.3 Å². The van der Waals surface area contributed by atoms with Gasteiger partial charge < -0.3 is 5.32 Å². The zero-order valence-corrected chi connectivity index (χ0v) is 16.5. The fourth-order valence-electron chi connectivity index (χ4n) is 3.37. The minimum absolute atomic E-state index is 0.160. The van der Waals surface area contributed by atoms with E-state index in [4.69, 9.17) is 0 Å². The van der Waals surface area contributed by atoms with E-state index in [0.717, 1.165) is 38.5 Å². The minimum atomic E-state index is -0.675. The molecule has 0 spiro atoms. The molecule has 2 heterocycles. The number of nitrogens with one attached hydrogen (secondary N) is 1. The molecule has 1 N–H and O–H groups in total. The number of benzene rings is 3. The molecule has 0 unspecified atom stereocenters.